The van der Waals surface area contributed by atoms with E-state index in [0.29, 0.717) is 24.1 Å². The monoisotopic (exact) mass is 296 g/mol. The van der Waals surface area contributed by atoms with Gasteiger partial charge in [0.15, 0.2) is 0 Å². The summed E-state index contributed by atoms with van der Waals surface area (Å²) in [5.41, 5.74) is 0.215. The van der Waals surface area contributed by atoms with E-state index in [4.69, 9.17) is 4.74 Å². The number of amides is 1. The molecule has 1 saturated carbocycles. The van der Waals surface area contributed by atoms with Crippen LogP contribution in [0.1, 0.15) is 53.9 Å². The molecule has 1 heterocycles. The Balaban J connectivity index is 1.74. The zero-order valence-electron chi connectivity index (χ0n) is 14.3. The first-order chi connectivity index (χ1) is 9.80. The van der Waals surface area contributed by atoms with Crippen LogP contribution in [0.15, 0.2) is 0 Å². The zero-order chi connectivity index (χ0) is 15.6. The van der Waals surface area contributed by atoms with Crippen LogP contribution in [0, 0.1) is 11.3 Å². The molecule has 4 nitrogen and oxygen atoms in total. The first-order valence-corrected chi connectivity index (χ1v) is 8.44. The molecule has 2 unspecified atom stereocenters. The smallest absolute Gasteiger partial charge is 0.219 e. The molecule has 1 aliphatic heterocycles. The third-order valence-corrected chi connectivity index (χ3v) is 5.19. The molecule has 1 saturated heterocycles. The Labute approximate surface area is 129 Å². The molecule has 1 aliphatic carbocycles. The van der Waals surface area contributed by atoms with Crippen LogP contribution >= 0.6 is 0 Å². The van der Waals surface area contributed by atoms with E-state index in [-0.39, 0.29) is 11.3 Å². The van der Waals surface area contributed by atoms with E-state index in [1.807, 2.05) is 4.90 Å². The molecule has 0 aromatic heterocycles. The molecule has 2 aliphatic rings. The highest BCUT2D eigenvalue weighted by Crippen LogP contribution is 2.43. The highest BCUT2D eigenvalue weighted by atomic mass is 16.5. The molecule has 0 radical (unpaired) electrons. The summed E-state index contributed by atoms with van der Waals surface area (Å²) in [6.45, 7) is 13.3. The van der Waals surface area contributed by atoms with Gasteiger partial charge in [-0.15, -0.1) is 0 Å². The van der Waals surface area contributed by atoms with Gasteiger partial charge in [0.1, 0.15) is 0 Å². The Hall–Kier alpha value is -0.610. The third-order valence-electron chi connectivity index (χ3n) is 5.19. The molecule has 1 N–H and O–H groups in total. The van der Waals surface area contributed by atoms with Gasteiger partial charge >= 0.3 is 0 Å². The average Bonchev–Trinajstić information content (AvgIpc) is 2.42. The fraction of sp³-hybridized carbons (Fsp3) is 0.941. The maximum Gasteiger partial charge on any atom is 0.219 e. The van der Waals surface area contributed by atoms with Gasteiger partial charge < -0.3 is 15.0 Å². The highest BCUT2D eigenvalue weighted by molar-refractivity contribution is 5.73. The largest absolute Gasteiger partial charge is 0.377 e. The van der Waals surface area contributed by atoms with Gasteiger partial charge in [-0.1, -0.05) is 27.7 Å². The summed E-state index contributed by atoms with van der Waals surface area (Å²) < 4.78 is 6.03. The summed E-state index contributed by atoms with van der Waals surface area (Å²) in [6, 6.07) is 1.10. The van der Waals surface area contributed by atoms with E-state index in [1.165, 1.54) is 0 Å². The van der Waals surface area contributed by atoms with E-state index in [2.05, 4.69) is 33.0 Å². The van der Waals surface area contributed by atoms with Crippen LogP contribution in [0.2, 0.25) is 0 Å². The second kappa shape index (κ2) is 6.66. The second-order valence-corrected chi connectivity index (χ2v) is 7.77. The summed E-state index contributed by atoms with van der Waals surface area (Å²) in [5, 5.41) is 3.80. The van der Waals surface area contributed by atoms with Crippen molar-refractivity contribution < 1.29 is 9.53 Å². The van der Waals surface area contributed by atoms with Crippen LogP contribution < -0.4 is 5.32 Å². The maximum absolute atomic E-state index is 11.4. The van der Waals surface area contributed by atoms with Gasteiger partial charge in [0.2, 0.25) is 5.91 Å². The predicted molar refractivity (Wildman–Crippen MR) is 85.2 cm³/mol. The van der Waals surface area contributed by atoms with Gasteiger partial charge in [-0.25, -0.2) is 0 Å². The zero-order valence-corrected chi connectivity index (χ0v) is 14.3. The third kappa shape index (κ3) is 3.98. The van der Waals surface area contributed by atoms with Crippen LogP contribution in [0.4, 0.5) is 0 Å². The van der Waals surface area contributed by atoms with Crippen molar-refractivity contribution >= 4 is 5.91 Å². The van der Waals surface area contributed by atoms with Crippen LogP contribution in [0.5, 0.6) is 0 Å². The number of hydrogen-bond donors (Lipinski definition) is 1. The van der Waals surface area contributed by atoms with Crippen molar-refractivity contribution in [3.05, 3.63) is 0 Å². The van der Waals surface area contributed by atoms with E-state index in [1.54, 1.807) is 6.92 Å². The maximum atomic E-state index is 11.4. The SMILES string of the molecule is CC(=O)N1CCC(NC2CC(OCC(C)C)C2(C)C)CC1. The standard InChI is InChI=1S/C17H32N2O2/c1-12(2)11-21-16-10-15(17(16,4)5)18-14-6-8-19(9-7-14)13(3)20/h12,14-16,18H,6-11H2,1-5H3. The number of carbonyl (C=O) groups excluding carboxylic acids is 1. The number of nitrogens with one attached hydrogen (secondary N) is 1. The van der Waals surface area contributed by atoms with Gasteiger partial charge in [0.25, 0.3) is 0 Å². The van der Waals surface area contributed by atoms with Gasteiger partial charge in [-0.3, -0.25) is 4.79 Å². The number of piperidine rings is 1. The molecule has 122 valence electrons. The molecule has 1 amide bonds. The fourth-order valence-corrected chi connectivity index (χ4v) is 3.41. The second-order valence-electron chi connectivity index (χ2n) is 7.77. The molecule has 2 rings (SSSR count). The summed E-state index contributed by atoms with van der Waals surface area (Å²) in [6.07, 6.45) is 3.65. The van der Waals surface area contributed by atoms with Crippen molar-refractivity contribution in [2.45, 2.75) is 72.1 Å². The Morgan fingerprint density at radius 1 is 1.33 bits per heavy atom. The lowest BCUT2D eigenvalue weighted by Gasteiger charge is -2.53. The van der Waals surface area contributed by atoms with Crippen molar-refractivity contribution in [3.63, 3.8) is 0 Å². The van der Waals surface area contributed by atoms with Gasteiger partial charge in [0, 0.05) is 44.1 Å². The number of ether oxygens (including phenoxy) is 1. The Morgan fingerprint density at radius 3 is 2.43 bits per heavy atom. The van der Waals surface area contributed by atoms with E-state index < -0.39 is 0 Å². The lowest BCUT2D eigenvalue weighted by molar-refractivity contribution is -0.132. The molecular formula is C17H32N2O2. The Kier molecular flexibility index (Phi) is 5.31. The lowest BCUT2D eigenvalue weighted by atomic mass is 9.64. The summed E-state index contributed by atoms with van der Waals surface area (Å²) in [5.74, 6) is 0.809. The molecule has 4 heteroatoms. The topological polar surface area (TPSA) is 41.6 Å². The van der Waals surface area contributed by atoms with Crippen LogP contribution in [0.25, 0.3) is 0 Å². The van der Waals surface area contributed by atoms with E-state index >= 15 is 0 Å². The number of nitrogens with zero attached hydrogens (tertiary/aromatic N) is 1. The number of hydrogen-bond acceptors (Lipinski definition) is 3. The molecule has 2 atom stereocenters. The van der Waals surface area contributed by atoms with E-state index in [9.17, 15) is 4.79 Å². The molecule has 2 fully saturated rings. The summed E-state index contributed by atoms with van der Waals surface area (Å²) >= 11 is 0. The first-order valence-electron chi connectivity index (χ1n) is 8.44. The average molecular weight is 296 g/mol. The quantitative estimate of drug-likeness (QED) is 0.847. The Morgan fingerprint density at radius 2 is 1.95 bits per heavy atom. The van der Waals surface area contributed by atoms with Crippen LogP contribution in [-0.4, -0.2) is 48.7 Å². The van der Waals surface area contributed by atoms with Gasteiger partial charge in [-0.2, -0.15) is 0 Å². The fourth-order valence-electron chi connectivity index (χ4n) is 3.41. The van der Waals surface area contributed by atoms with Crippen molar-refractivity contribution in [3.8, 4) is 0 Å². The van der Waals surface area contributed by atoms with Gasteiger partial charge in [0.05, 0.1) is 6.10 Å². The van der Waals surface area contributed by atoms with E-state index in [0.717, 1.165) is 39.0 Å². The highest BCUT2D eigenvalue weighted by Gasteiger charge is 2.49. The first kappa shape index (κ1) is 16.8. The Bertz CT molecular complexity index is 360. The molecule has 0 aromatic carbocycles. The normalized spacial score (nSPS) is 29.5. The van der Waals surface area contributed by atoms with Crippen LogP contribution in [-0.2, 0) is 9.53 Å². The molecule has 0 spiro atoms. The molecular weight excluding hydrogens is 264 g/mol. The van der Waals surface area contributed by atoms with Crippen molar-refractivity contribution in [2.24, 2.45) is 11.3 Å². The lowest BCUT2D eigenvalue weighted by Crippen LogP contribution is -2.63. The number of rotatable bonds is 5. The van der Waals surface area contributed by atoms with Gasteiger partial charge in [-0.05, 0) is 25.2 Å². The molecule has 21 heavy (non-hydrogen) atoms. The molecule has 0 bridgehead atoms. The number of likely N-dealkylation sites (tertiary alicyclic amines) is 1. The number of carbonyl (C=O) groups is 1. The summed E-state index contributed by atoms with van der Waals surface area (Å²) in [7, 11) is 0. The van der Waals surface area contributed by atoms with Crippen molar-refractivity contribution in [2.75, 3.05) is 19.7 Å². The summed E-state index contributed by atoms with van der Waals surface area (Å²) in [4.78, 5) is 13.3. The minimum Gasteiger partial charge on any atom is -0.377 e. The minimum atomic E-state index is 0.208. The van der Waals surface area contributed by atoms with Crippen molar-refractivity contribution in [1.29, 1.82) is 0 Å². The predicted octanol–water partition coefficient (Wildman–Crippen LogP) is 2.43. The molecule has 0 aromatic rings. The van der Waals surface area contributed by atoms with Crippen molar-refractivity contribution in [1.82, 2.24) is 10.2 Å². The van der Waals surface area contributed by atoms with Crippen LogP contribution in [0.3, 0.4) is 0 Å². The minimum absolute atomic E-state index is 0.208.